The first-order valence-electron chi connectivity index (χ1n) is 7.12. The molecule has 0 saturated heterocycles. The number of ketones is 1. The van der Waals surface area contributed by atoms with Crippen molar-refractivity contribution in [2.45, 2.75) is 25.2 Å². The van der Waals surface area contributed by atoms with E-state index < -0.39 is 0 Å². The maximum atomic E-state index is 12.6. The van der Waals surface area contributed by atoms with Crippen LogP contribution >= 0.6 is 11.4 Å². The molecule has 2 aromatic rings. The van der Waals surface area contributed by atoms with E-state index in [1.54, 1.807) is 0 Å². The van der Waals surface area contributed by atoms with Crippen LogP contribution in [0.1, 0.15) is 40.9 Å². The second kappa shape index (κ2) is 5.82. The second-order valence-corrected chi connectivity index (χ2v) is 6.26. The molecule has 2 heteroatoms. The SMILES string of the molecule is CC=C(C)C=[SH]c1cccc2c1Cc1ccccc1C2=O. The number of rotatable bonds is 2. The standard InChI is InChI=1S/C19H18OS/c1-3-13(2)12-21-18-10-6-9-16-17(18)11-14-7-4-5-8-15(14)19(16)20/h3-10,12,21H,11H2,1-2H3. The topological polar surface area (TPSA) is 17.1 Å². The highest BCUT2D eigenvalue weighted by Crippen LogP contribution is 2.31. The van der Waals surface area contributed by atoms with Crippen LogP contribution < -0.4 is 0 Å². The molecule has 0 aromatic heterocycles. The summed E-state index contributed by atoms with van der Waals surface area (Å²) in [4.78, 5) is 13.9. The average Bonchev–Trinajstić information content (AvgIpc) is 2.53. The van der Waals surface area contributed by atoms with Crippen LogP contribution in [0.5, 0.6) is 0 Å². The summed E-state index contributed by atoms with van der Waals surface area (Å²) in [6.45, 7) is 4.14. The summed E-state index contributed by atoms with van der Waals surface area (Å²) in [6, 6.07) is 14.0. The van der Waals surface area contributed by atoms with Gasteiger partial charge in [0.2, 0.25) is 0 Å². The Morgan fingerprint density at radius 3 is 2.67 bits per heavy atom. The summed E-state index contributed by atoms with van der Waals surface area (Å²) in [5.41, 5.74) is 5.30. The molecule has 0 N–H and O–H groups in total. The van der Waals surface area contributed by atoms with E-state index in [0.29, 0.717) is 0 Å². The third kappa shape index (κ3) is 2.64. The molecule has 0 bridgehead atoms. The lowest BCUT2D eigenvalue weighted by atomic mass is 9.85. The van der Waals surface area contributed by atoms with Crippen molar-refractivity contribution in [1.29, 1.82) is 0 Å². The van der Waals surface area contributed by atoms with Gasteiger partial charge in [-0.15, -0.1) is 0 Å². The van der Waals surface area contributed by atoms with Crippen LogP contribution in [-0.4, -0.2) is 11.2 Å². The fourth-order valence-electron chi connectivity index (χ4n) is 2.57. The largest absolute Gasteiger partial charge is 0.289 e. The fourth-order valence-corrected chi connectivity index (χ4v) is 3.59. The minimum absolute atomic E-state index is 0.159. The zero-order valence-corrected chi connectivity index (χ0v) is 13.2. The van der Waals surface area contributed by atoms with E-state index in [2.05, 4.69) is 30.5 Å². The van der Waals surface area contributed by atoms with Gasteiger partial charge in [0.1, 0.15) is 0 Å². The first kappa shape index (κ1) is 14.0. The van der Waals surface area contributed by atoms with Gasteiger partial charge in [0, 0.05) is 16.0 Å². The molecule has 2 aromatic carbocycles. The van der Waals surface area contributed by atoms with Crippen molar-refractivity contribution in [3.63, 3.8) is 0 Å². The van der Waals surface area contributed by atoms with E-state index in [1.807, 2.05) is 37.3 Å². The summed E-state index contributed by atoms with van der Waals surface area (Å²) >= 11 is 1.16. The molecular formula is C19H18OS. The van der Waals surface area contributed by atoms with Crippen molar-refractivity contribution in [3.8, 4) is 0 Å². The van der Waals surface area contributed by atoms with Gasteiger partial charge in [0.25, 0.3) is 0 Å². The second-order valence-electron chi connectivity index (χ2n) is 5.26. The minimum atomic E-state index is 0.159. The number of thiol groups is 1. The van der Waals surface area contributed by atoms with Gasteiger partial charge >= 0.3 is 0 Å². The van der Waals surface area contributed by atoms with Gasteiger partial charge in [-0.1, -0.05) is 42.5 Å². The molecule has 0 unspecified atom stereocenters. The van der Waals surface area contributed by atoms with E-state index in [-0.39, 0.29) is 5.78 Å². The number of fused-ring (bicyclic) bond motifs is 2. The van der Waals surface area contributed by atoms with E-state index in [9.17, 15) is 4.79 Å². The maximum absolute atomic E-state index is 12.6. The van der Waals surface area contributed by atoms with Gasteiger partial charge in [0.05, 0.1) is 0 Å². The van der Waals surface area contributed by atoms with Gasteiger partial charge in [0.15, 0.2) is 5.78 Å². The predicted molar refractivity (Wildman–Crippen MR) is 91.9 cm³/mol. The Morgan fingerprint density at radius 2 is 1.86 bits per heavy atom. The van der Waals surface area contributed by atoms with E-state index in [4.69, 9.17) is 0 Å². The molecule has 0 heterocycles. The molecule has 1 aliphatic carbocycles. The van der Waals surface area contributed by atoms with Crippen molar-refractivity contribution >= 4 is 22.5 Å². The number of carbonyl (C=O) groups is 1. The summed E-state index contributed by atoms with van der Waals surface area (Å²) in [6.07, 6.45) is 2.95. The average molecular weight is 294 g/mol. The first-order chi connectivity index (χ1) is 10.2. The maximum Gasteiger partial charge on any atom is 0.193 e. The van der Waals surface area contributed by atoms with Crippen LogP contribution in [0.15, 0.2) is 59.0 Å². The number of allylic oxidation sites excluding steroid dienone is 2. The Bertz CT molecular complexity index is 769. The summed E-state index contributed by atoms with van der Waals surface area (Å²) in [7, 11) is 0. The van der Waals surface area contributed by atoms with Crippen LogP contribution in [0.2, 0.25) is 0 Å². The zero-order valence-electron chi connectivity index (χ0n) is 12.3. The van der Waals surface area contributed by atoms with Gasteiger partial charge in [-0.25, -0.2) is 0 Å². The summed E-state index contributed by atoms with van der Waals surface area (Å²) in [5.74, 6) is 0.159. The Balaban J connectivity index is 2.09. The lowest BCUT2D eigenvalue weighted by Gasteiger charge is -2.20. The van der Waals surface area contributed by atoms with Crippen molar-refractivity contribution in [3.05, 3.63) is 76.4 Å². The highest BCUT2D eigenvalue weighted by atomic mass is 32.1. The van der Waals surface area contributed by atoms with Crippen LogP contribution in [0.25, 0.3) is 0 Å². The summed E-state index contributed by atoms with van der Waals surface area (Å²) in [5, 5.41) is 2.20. The Kier molecular flexibility index (Phi) is 3.89. The number of hydrogen-bond acceptors (Lipinski definition) is 1. The highest BCUT2D eigenvalue weighted by Gasteiger charge is 2.23. The Labute approximate surface area is 129 Å². The van der Waals surface area contributed by atoms with Gasteiger partial charge in [-0.2, -0.15) is 11.4 Å². The molecule has 1 nitrogen and oxygen atoms in total. The van der Waals surface area contributed by atoms with Crippen molar-refractivity contribution in [2.75, 3.05) is 0 Å². The Morgan fingerprint density at radius 1 is 1.10 bits per heavy atom. The predicted octanol–water partition coefficient (Wildman–Crippen LogP) is 4.41. The number of hydrogen-bond donors (Lipinski definition) is 1. The molecule has 3 rings (SSSR count). The highest BCUT2D eigenvalue weighted by molar-refractivity contribution is 7.98. The zero-order chi connectivity index (χ0) is 14.8. The van der Waals surface area contributed by atoms with Crippen LogP contribution in [0.3, 0.4) is 0 Å². The molecule has 0 radical (unpaired) electrons. The van der Waals surface area contributed by atoms with E-state index >= 15 is 0 Å². The van der Waals surface area contributed by atoms with E-state index in [0.717, 1.165) is 34.5 Å². The molecule has 0 fully saturated rings. The molecule has 21 heavy (non-hydrogen) atoms. The summed E-state index contributed by atoms with van der Waals surface area (Å²) < 4.78 is 0. The van der Waals surface area contributed by atoms with Crippen molar-refractivity contribution in [1.82, 2.24) is 0 Å². The first-order valence-corrected chi connectivity index (χ1v) is 8.08. The minimum Gasteiger partial charge on any atom is -0.289 e. The van der Waals surface area contributed by atoms with Crippen molar-refractivity contribution < 1.29 is 4.79 Å². The van der Waals surface area contributed by atoms with Gasteiger partial charge in [-0.3, -0.25) is 4.79 Å². The third-order valence-corrected chi connectivity index (χ3v) is 5.12. The molecular weight excluding hydrogens is 276 g/mol. The quantitative estimate of drug-likeness (QED) is 0.421. The molecule has 0 spiro atoms. The Hall–Kier alpha value is -1.93. The van der Waals surface area contributed by atoms with Gasteiger partial charge < -0.3 is 0 Å². The molecule has 0 saturated carbocycles. The monoisotopic (exact) mass is 294 g/mol. The molecule has 1 aliphatic rings. The molecule has 0 aliphatic heterocycles. The smallest absolute Gasteiger partial charge is 0.193 e. The number of carbonyl (C=O) groups excluding carboxylic acids is 1. The molecule has 106 valence electrons. The van der Waals surface area contributed by atoms with Crippen LogP contribution in [0, 0.1) is 0 Å². The van der Waals surface area contributed by atoms with Crippen LogP contribution in [-0.2, 0) is 6.42 Å². The van der Waals surface area contributed by atoms with Gasteiger partial charge in [-0.05, 0) is 48.4 Å². The number of benzene rings is 2. The molecule has 0 atom stereocenters. The van der Waals surface area contributed by atoms with Crippen molar-refractivity contribution in [2.24, 2.45) is 0 Å². The lowest BCUT2D eigenvalue weighted by molar-refractivity contribution is 0.103. The normalized spacial score (nSPS) is 14.6. The third-order valence-electron chi connectivity index (χ3n) is 3.89. The lowest BCUT2D eigenvalue weighted by Crippen LogP contribution is -2.15. The van der Waals surface area contributed by atoms with Crippen LogP contribution in [0.4, 0.5) is 0 Å². The molecule has 0 amide bonds. The van der Waals surface area contributed by atoms with E-state index in [1.165, 1.54) is 16.0 Å². The fraction of sp³-hybridized carbons (Fsp3) is 0.158.